The average molecular weight is 324 g/mol. The molecule has 0 fully saturated rings. The van der Waals surface area contributed by atoms with Crippen LogP contribution in [0.25, 0.3) is 0 Å². The number of aromatic nitrogens is 1. The van der Waals surface area contributed by atoms with Gasteiger partial charge in [0.1, 0.15) is 5.82 Å². The van der Waals surface area contributed by atoms with Crippen molar-refractivity contribution in [1.29, 1.82) is 0 Å². The van der Waals surface area contributed by atoms with Crippen molar-refractivity contribution < 1.29 is 4.79 Å². The monoisotopic (exact) mass is 324 g/mol. The largest absolute Gasteiger partial charge is 0.342 e. The molecule has 0 saturated heterocycles. The smallest absolute Gasteiger partial charge is 0.162 e. The van der Waals surface area contributed by atoms with Crippen LogP contribution in [0.5, 0.6) is 0 Å². The number of rotatable bonds is 1. The van der Waals surface area contributed by atoms with Crippen LogP contribution in [-0.4, -0.2) is 10.8 Å². The normalized spacial score (nSPS) is 25.6. The molecule has 0 saturated carbocycles. The van der Waals surface area contributed by atoms with Crippen molar-refractivity contribution >= 4 is 22.9 Å². The summed E-state index contributed by atoms with van der Waals surface area (Å²) in [6.07, 6.45) is 1.48. The van der Waals surface area contributed by atoms with E-state index in [-0.39, 0.29) is 11.2 Å². The minimum atomic E-state index is -0.411. The fourth-order valence-electron chi connectivity index (χ4n) is 4.00. The van der Waals surface area contributed by atoms with Gasteiger partial charge in [0.25, 0.3) is 0 Å². The summed E-state index contributed by atoms with van der Waals surface area (Å²) in [5.74, 6) is 1.17. The lowest BCUT2D eigenvalue weighted by Gasteiger charge is -2.43. The second kappa shape index (κ2) is 4.78. The Kier molecular flexibility index (Phi) is 3.04. The summed E-state index contributed by atoms with van der Waals surface area (Å²) in [4.78, 5) is 18.7. The third-order valence-corrected chi connectivity index (χ3v) is 6.07. The zero-order chi connectivity index (χ0) is 16.2. The predicted molar refractivity (Wildman–Crippen MR) is 93.7 cm³/mol. The minimum Gasteiger partial charge on any atom is -0.342 e. The minimum absolute atomic E-state index is 0.00591. The van der Waals surface area contributed by atoms with E-state index in [2.05, 4.69) is 43.2 Å². The van der Waals surface area contributed by atoms with E-state index in [0.717, 1.165) is 33.9 Å². The number of hydrogen-bond donors (Lipinski definition) is 1. The summed E-state index contributed by atoms with van der Waals surface area (Å²) in [7, 11) is 0. The van der Waals surface area contributed by atoms with Gasteiger partial charge in [-0.2, -0.15) is 0 Å². The highest BCUT2D eigenvalue weighted by atomic mass is 32.1. The standard InChI is InChI=1S/C19H20N2OS/c1-18(2)9-13-15(14(22)10-18)19(3,12-7-5-4-6-8-12)16-17(21-13)20-11-23-16/h4-8,11,21H,9-10H2,1-3H3/t19-/m0/s1. The second-order valence-electron chi connectivity index (χ2n) is 7.44. The molecule has 0 amide bonds. The summed E-state index contributed by atoms with van der Waals surface area (Å²) in [6.45, 7) is 6.49. The predicted octanol–water partition coefficient (Wildman–Crippen LogP) is 4.52. The summed E-state index contributed by atoms with van der Waals surface area (Å²) in [5, 5.41) is 3.45. The van der Waals surface area contributed by atoms with Crippen LogP contribution in [-0.2, 0) is 10.2 Å². The first-order chi connectivity index (χ1) is 10.9. The first kappa shape index (κ1) is 14.6. The van der Waals surface area contributed by atoms with Crippen LogP contribution in [0.4, 0.5) is 5.82 Å². The first-order valence-electron chi connectivity index (χ1n) is 7.95. The lowest BCUT2D eigenvalue weighted by Crippen LogP contribution is -2.41. The Bertz CT molecular complexity index is 819. The number of ketones is 1. The van der Waals surface area contributed by atoms with Crippen molar-refractivity contribution in [1.82, 2.24) is 4.98 Å². The molecule has 2 heterocycles. The number of nitrogens with zero attached hydrogens (tertiary/aromatic N) is 1. The molecule has 0 unspecified atom stereocenters. The highest BCUT2D eigenvalue weighted by Crippen LogP contribution is 2.53. The van der Waals surface area contributed by atoms with E-state index in [1.807, 2.05) is 23.7 Å². The van der Waals surface area contributed by atoms with Gasteiger partial charge < -0.3 is 5.32 Å². The van der Waals surface area contributed by atoms with Gasteiger partial charge in [0.15, 0.2) is 5.78 Å². The van der Waals surface area contributed by atoms with Gasteiger partial charge in [-0.3, -0.25) is 4.79 Å². The average Bonchev–Trinajstić information content (AvgIpc) is 2.95. The Hall–Kier alpha value is -1.94. The Morgan fingerprint density at radius 2 is 1.87 bits per heavy atom. The van der Waals surface area contributed by atoms with Crippen molar-refractivity contribution in [3.05, 3.63) is 57.6 Å². The molecule has 0 spiro atoms. The molecule has 4 heteroatoms. The van der Waals surface area contributed by atoms with Gasteiger partial charge in [0.05, 0.1) is 15.8 Å². The molecule has 118 valence electrons. The molecule has 1 N–H and O–H groups in total. The Morgan fingerprint density at radius 3 is 2.61 bits per heavy atom. The SMILES string of the molecule is CC1(C)CC(=O)C2=C(C1)Nc1ncsc1[C@@]2(C)c1ccccc1. The molecule has 3 nitrogen and oxygen atoms in total. The van der Waals surface area contributed by atoms with E-state index in [4.69, 9.17) is 0 Å². The number of carbonyl (C=O) groups is 1. The molecule has 4 rings (SSSR count). The molecule has 2 aliphatic rings. The zero-order valence-corrected chi connectivity index (χ0v) is 14.5. The summed E-state index contributed by atoms with van der Waals surface area (Å²) >= 11 is 1.62. The van der Waals surface area contributed by atoms with Crippen molar-refractivity contribution in [3.63, 3.8) is 0 Å². The van der Waals surface area contributed by atoms with Gasteiger partial charge in [-0.05, 0) is 24.3 Å². The number of benzene rings is 1. The molecule has 23 heavy (non-hydrogen) atoms. The highest BCUT2D eigenvalue weighted by molar-refractivity contribution is 7.10. The van der Waals surface area contributed by atoms with Crippen LogP contribution in [0.15, 0.2) is 47.1 Å². The quantitative estimate of drug-likeness (QED) is 0.838. The first-order valence-corrected chi connectivity index (χ1v) is 8.83. The van der Waals surface area contributed by atoms with Crippen LogP contribution in [0.3, 0.4) is 0 Å². The zero-order valence-electron chi connectivity index (χ0n) is 13.6. The van der Waals surface area contributed by atoms with Crippen molar-refractivity contribution in [2.24, 2.45) is 5.41 Å². The number of nitrogens with one attached hydrogen (secondary N) is 1. The van der Waals surface area contributed by atoms with Gasteiger partial charge in [-0.1, -0.05) is 44.2 Å². The molecular weight excluding hydrogens is 304 g/mol. The van der Waals surface area contributed by atoms with Gasteiger partial charge in [0.2, 0.25) is 0 Å². The van der Waals surface area contributed by atoms with Gasteiger partial charge in [-0.25, -0.2) is 4.98 Å². The molecule has 0 radical (unpaired) electrons. The maximum Gasteiger partial charge on any atom is 0.162 e. The van der Waals surface area contributed by atoms with Crippen LogP contribution in [0.2, 0.25) is 0 Å². The lowest BCUT2D eigenvalue weighted by molar-refractivity contribution is -0.118. The number of anilines is 1. The molecule has 1 aromatic carbocycles. The highest BCUT2D eigenvalue weighted by Gasteiger charge is 2.48. The van der Waals surface area contributed by atoms with E-state index in [1.54, 1.807) is 11.3 Å². The summed E-state index contributed by atoms with van der Waals surface area (Å²) in [5.41, 5.74) is 4.59. The fraction of sp³-hybridized carbons (Fsp3) is 0.368. The van der Waals surface area contributed by atoms with Crippen LogP contribution >= 0.6 is 11.3 Å². The molecule has 1 aliphatic heterocycles. The van der Waals surface area contributed by atoms with E-state index in [9.17, 15) is 4.79 Å². The van der Waals surface area contributed by atoms with Crippen molar-refractivity contribution in [2.75, 3.05) is 5.32 Å². The van der Waals surface area contributed by atoms with Crippen LogP contribution in [0.1, 0.15) is 44.1 Å². The molecule has 1 aliphatic carbocycles. The number of allylic oxidation sites excluding steroid dienone is 2. The summed E-state index contributed by atoms with van der Waals surface area (Å²) in [6, 6.07) is 10.3. The van der Waals surface area contributed by atoms with E-state index in [1.165, 1.54) is 0 Å². The molecule has 2 aromatic rings. The van der Waals surface area contributed by atoms with E-state index < -0.39 is 5.41 Å². The molecule has 0 bridgehead atoms. The second-order valence-corrected chi connectivity index (χ2v) is 8.30. The van der Waals surface area contributed by atoms with Gasteiger partial charge in [-0.15, -0.1) is 11.3 Å². The van der Waals surface area contributed by atoms with Crippen molar-refractivity contribution in [2.45, 2.75) is 39.0 Å². The lowest BCUT2D eigenvalue weighted by atomic mass is 9.64. The van der Waals surface area contributed by atoms with E-state index >= 15 is 0 Å². The van der Waals surface area contributed by atoms with Gasteiger partial charge >= 0.3 is 0 Å². The maximum absolute atomic E-state index is 13.1. The number of fused-ring (bicyclic) bond motifs is 1. The van der Waals surface area contributed by atoms with Crippen LogP contribution in [0, 0.1) is 5.41 Å². The number of Topliss-reactive ketones (excluding diaryl/α,β-unsaturated/α-hetero) is 1. The Morgan fingerprint density at radius 1 is 1.13 bits per heavy atom. The topological polar surface area (TPSA) is 42.0 Å². The third-order valence-electron chi connectivity index (χ3n) is 5.02. The molecule has 1 atom stereocenters. The third kappa shape index (κ3) is 2.08. The molecular formula is C19H20N2OS. The van der Waals surface area contributed by atoms with Gasteiger partial charge in [0, 0.05) is 17.7 Å². The maximum atomic E-state index is 13.1. The number of thiazole rings is 1. The van der Waals surface area contributed by atoms with Crippen LogP contribution < -0.4 is 5.32 Å². The molecule has 1 aromatic heterocycles. The Balaban J connectivity index is 1.99. The van der Waals surface area contributed by atoms with Crippen molar-refractivity contribution in [3.8, 4) is 0 Å². The summed E-state index contributed by atoms with van der Waals surface area (Å²) < 4.78 is 0. The number of hydrogen-bond acceptors (Lipinski definition) is 4. The Labute approximate surface area is 140 Å². The number of carbonyl (C=O) groups excluding carboxylic acids is 1. The fourth-order valence-corrected chi connectivity index (χ4v) is 4.94. The van der Waals surface area contributed by atoms with E-state index in [0.29, 0.717) is 6.42 Å².